The van der Waals surface area contributed by atoms with E-state index in [0.29, 0.717) is 5.52 Å². The fourth-order valence-corrected chi connectivity index (χ4v) is 4.05. The van der Waals surface area contributed by atoms with E-state index in [1.165, 1.54) is 10.9 Å². The minimum absolute atomic E-state index is 0.0470. The summed E-state index contributed by atoms with van der Waals surface area (Å²) in [6.45, 7) is 3.02. The third-order valence-electron chi connectivity index (χ3n) is 5.37. The molecule has 1 aliphatic carbocycles. The van der Waals surface area contributed by atoms with Crippen molar-refractivity contribution in [2.24, 2.45) is 5.92 Å². The van der Waals surface area contributed by atoms with Gasteiger partial charge in [-0.05, 0) is 32.4 Å². The van der Waals surface area contributed by atoms with Gasteiger partial charge in [0, 0.05) is 5.92 Å². The first kappa shape index (κ1) is 24.1. The second kappa shape index (κ2) is 10.4. The Bertz CT molecular complexity index is 1020. The Morgan fingerprint density at radius 3 is 2.47 bits per heavy atom. The van der Waals surface area contributed by atoms with Crippen molar-refractivity contribution in [1.29, 1.82) is 0 Å². The molecule has 0 radical (unpaired) electrons. The quantitative estimate of drug-likeness (QED) is 0.426. The third kappa shape index (κ3) is 4.78. The molecule has 1 aromatic carbocycles. The number of hydrogen-bond acceptors (Lipinski definition) is 9. The molecule has 0 spiro atoms. The van der Waals surface area contributed by atoms with E-state index in [1.54, 1.807) is 32.0 Å². The Balaban J connectivity index is 1.79. The van der Waals surface area contributed by atoms with E-state index in [0.717, 1.165) is 0 Å². The van der Waals surface area contributed by atoms with Crippen LogP contribution >= 0.6 is 11.6 Å². The Kier molecular flexibility index (Phi) is 7.83. The van der Waals surface area contributed by atoms with E-state index < -0.39 is 47.8 Å². The van der Waals surface area contributed by atoms with Gasteiger partial charge < -0.3 is 24.4 Å². The van der Waals surface area contributed by atoms with Gasteiger partial charge in [0.2, 0.25) is 0 Å². The third-order valence-corrected chi connectivity index (χ3v) is 5.68. The Labute approximate surface area is 188 Å². The molecule has 0 amide bonds. The van der Waals surface area contributed by atoms with E-state index >= 15 is 0 Å². The number of halogens is 1. The van der Waals surface area contributed by atoms with Crippen LogP contribution in [0.5, 0.6) is 0 Å². The Hall–Kier alpha value is -2.53. The van der Waals surface area contributed by atoms with Crippen LogP contribution in [0.15, 0.2) is 29.3 Å². The molecule has 1 heterocycles. The van der Waals surface area contributed by atoms with Gasteiger partial charge in [-0.15, -0.1) is 0 Å². The molecule has 1 fully saturated rings. The summed E-state index contributed by atoms with van der Waals surface area (Å²) in [5, 5.41) is 21.6. The number of aliphatic hydroxyl groups excluding tert-OH is 2. The molecule has 2 N–H and O–H groups in total. The van der Waals surface area contributed by atoms with Gasteiger partial charge in [-0.2, -0.15) is 0 Å². The van der Waals surface area contributed by atoms with E-state index in [1.807, 2.05) is 0 Å². The van der Waals surface area contributed by atoms with E-state index in [4.69, 9.17) is 25.8 Å². The van der Waals surface area contributed by atoms with Gasteiger partial charge in [-0.1, -0.05) is 17.7 Å². The van der Waals surface area contributed by atoms with Crippen LogP contribution in [-0.2, 0) is 23.8 Å². The molecule has 11 heteroatoms. The number of carbonyl (C=O) groups is 2. The van der Waals surface area contributed by atoms with Crippen LogP contribution in [0.4, 0.5) is 0 Å². The zero-order valence-corrected chi connectivity index (χ0v) is 18.4. The summed E-state index contributed by atoms with van der Waals surface area (Å²) in [7, 11) is 0. The average Bonchev–Trinajstić information content (AvgIpc) is 3.03. The maximum atomic E-state index is 13.0. The molecule has 0 unspecified atom stereocenters. The van der Waals surface area contributed by atoms with Crippen LogP contribution < -0.4 is 5.56 Å². The minimum Gasteiger partial charge on any atom is -0.464 e. The molecule has 0 bridgehead atoms. The number of aliphatic hydroxyl groups is 2. The number of esters is 2. The smallest absolute Gasteiger partial charge is 0.347 e. The normalized spacial score (nSPS) is 22.9. The van der Waals surface area contributed by atoms with Crippen molar-refractivity contribution < 1.29 is 34.0 Å². The summed E-state index contributed by atoms with van der Waals surface area (Å²) in [5.41, 5.74) is -0.0345. The van der Waals surface area contributed by atoms with Gasteiger partial charge in [-0.3, -0.25) is 9.36 Å². The number of carbonyl (C=O) groups excluding carboxylic acids is 2. The largest absolute Gasteiger partial charge is 0.464 e. The lowest BCUT2D eigenvalue weighted by Gasteiger charge is -2.20. The molecule has 0 saturated heterocycles. The number of ether oxygens (including phenoxy) is 3. The summed E-state index contributed by atoms with van der Waals surface area (Å²) in [4.78, 5) is 41.3. The van der Waals surface area contributed by atoms with Crippen LogP contribution in [0, 0.1) is 5.92 Å². The standard InChI is InChI=1S/C21H25ClN2O8/c1-3-30-20(28)18(21(29)31-4-2)32-9-11-8-14(17(26)16(11)25)24-10-23-13-7-5-6-12(22)15(13)19(24)27/h5-7,10-11,14,16-18,25-26H,3-4,8-9H2,1-2H3/t11-,14-,16-,17+/m1/s1. The van der Waals surface area contributed by atoms with E-state index in [9.17, 15) is 24.6 Å². The number of benzene rings is 1. The molecule has 174 valence electrons. The molecule has 10 nitrogen and oxygen atoms in total. The molecule has 0 aliphatic heterocycles. The maximum Gasteiger partial charge on any atom is 0.347 e. The van der Waals surface area contributed by atoms with Crippen LogP contribution in [0.2, 0.25) is 5.02 Å². The first-order valence-corrected chi connectivity index (χ1v) is 10.6. The van der Waals surface area contributed by atoms with Crippen molar-refractivity contribution in [2.45, 2.75) is 44.6 Å². The molecule has 2 aromatic rings. The molecule has 1 saturated carbocycles. The van der Waals surface area contributed by atoms with Crippen molar-refractivity contribution in [3.05, 3.63) is 39.9 Å². The fourth-order valence-electron chi connectivity index (χ4n) is 3.80. The van der Waals surface area contributed by atoms with Crippen LogP contribution in [0.1, 0.15) is 26.3 Å². The highest BCUT2D eigenvalue weighted by Gasteiger charge is 2.44. The van der Waals surface area contributed by atoms with Crippen molar-refractivity contribution >= 4 is 34.4 Å². The summed E-state index contributed by atoms with van der Waals surface area (Å²) < 4.78 is 16.4. The van der Waals surface area contributed by atoms with E-state index in [2.05, 4.69) is 4.98 Å². The lowest BCUT2D eigenvalue weighted by Crippen LogP contribution is -2.39. The monoisotopic (exact) mass is 468 g/mol. The molecule has 3 rings (SSSR count). The zero-order chi connectivity index (χ0) is 23.4. The topological polar surface area (TPSA) is 137 Å². The zero-order valence-electron chi connectivity index (χ0n) is 17.6. The highest BCUT2D eigenvalue weighted by Crippen LogP contribution is 2.35. The number of nitrogens with zero attached hydrogens (tertiary/aromatic N) is 2. The Morgan fingerprint density at radius 1 is 1.19 bits per heavy atom. The van der Waals surface area contributed by atoms with Gasteiger partial charge in [0.1, 0.15) is 6.10 Å². The van der Waals surface area contributed by atoms with Crippen molar-refractivity contribution in [3.8, 4) is 0 Å². The second-order valence-electron chi connectivity index (χ2n) is 7.35. The molecule has 4 atom stereocenters. The predicted octanol–water partition coefficient (Wildman–Crippen LogP) is 0.844. The van der Waals surface area contributed by atoms with Crippen LogP contribution in [-0.4, -0.2) is 69.8 Å². The lowest BCUT2D eigenvalue weighted by molar-refractivity contribution is -0.174. The second-order valence-corrected chi connectivity index (χ2v) is 7.76. The highest BCUT2D eigenvalue weighted by molar-refractivity contribution is 6.35. The first-order chi connectivity index (χ1) is 15.3. The molecule has 1 aliphatic rings. The fraction of sp³-hybridized carbons (Fsp3) is 0.524. The van der Waals surface area contributed by atoms with Crippen LogP contribution in [0.3, 0.4) is 0 Å². The number of hydrogen-bond donors (Lipinski definition) is 2. The van der Waals surface area contributed by atoms with Gasteiger partial charge >= 0.3 is 11.9 Å². The molecular weight excluding hydrogens is 444 g/mol. The van der Waals surface area contributed by atoms with Crippen molar-refractivity contribution in [3.63, 3.8) is 0 Å². The molecular formula is C21H25ClN2O8. The van der Waals surface area contributed by atoms with Gasteiger partial charge in [0.15, 0.2) is 0 Å². The predicted molar refractivity (Wildman–Crippen MR) is 113 cm³/mol. The summed E-state index contributed by atoms with van der Waals surface area (Å²) >= 11 is 6.16. The number of aromatic nitrogens is 2. The van der Waals surface area contributed by atoms with Gasteiger partial charge in [0.05, 0.1) is 54.2 Å². The van der Waals surface area contributed by atoms with Crippen molar-refractivity contribution in [1.82, 2.24) is 9.55 Å². The highest BCUT2D eigenvalue weighted by atomic mass is 35.5. The number of rotatable bonds is 8. The van der Waals surface area contributed by atoms with E-state index in [-0.39, 0.29) is 36.7 Å². The first-order valence-electron chi connectivity index (χ1n) is 10.3. The molecule has 32 heavy (non-hydrogen) atoms. The van der Waals surface area contributed by atoms with Crippen LogP contribution in [0.25, 0.3) is 10.9 Å². The average molecular weight is 469 g/mol. The summed E-state index contributed by atoms with van der Waals surface area (Å²) in [6.07, 6.45) is -2.74. The number of fused-ring (bicyclic) bond motifs is 1. The summed E-state index contributed by atoms with van der Waals surface area (Å²) in [5.74, 6) is -2.48. The Morgan fingerprint density at radius 2 is 1.84 bits per heavy atom. The van der Waals surface area contributed by atoms with Gasteiger partial charge in [-0.25, -0.2) is 14.6 Å². The SMILES string of the molecule is CCOC(=O)C(OC[C@H]1C[C@@H](n2cnc3cccc(Cl)c3c2=O)[C@H](O)[C@@H]1O)C(=O)OCC. The van der Waals surface area contributed by atoms with Gasteiger partial charge in [0.25, 0.3) is 11.7 Å². The maximum absolute atomic E-state index is 13.0. The minimum atomic E-state index is -1.61. The lowest BCUT2D eigenvalue weighted by atomic mass is 10.1. The summed E-state index contributed by atoms with van der Waals surface area (Å²) in [6, 6.07) is 4.09. The van der Waals surface area contributed by atoms with Crippen molar-refractivity contribution in [2.75, 3.05) is 19.8 Å². The molecule has 1 aromatic heterocycles.